The Kier molecular flexibility index (Phi) is 4.87. The van der Waals surface area contributed by atoms with Crippen LogP contribution in [-0.4, -0.2) is 16.4 Å². The molecule has 144 valence electrons. The van der Waals surface area contributed by atoms with Gasteiger partial charge in [0.05, 0.1) is 0 Å². The molecule has 29 heavy (non-hydrogen) atoms. The summed E-state index contributed by atoms with van der Waals surface area (Å²) in [6.45, 7) is 2.10. The summed E-state index contributed by atoms with van der Waals surface area (Å²) in [5, 5.41) is 2.27. The maximum atomic E-state index is 12.4. The molecule has 5 heteroatoms. The fraction of sp³-hybridized carbons (Fsp3) is 0.0833. The van der Waals surface area contributed by atoms with E-state index in [0.717, 1.165) is 33.3 Å². The van der Waals surface area contributed by atoms with E-state index >= 15 is 0 Å². The second-order valence-corrected chi connectivity index (χ2v) is 7.01. The molecule has 1 amide bonds. The van der Waals surface area contributed by atoms with Gasteiger partial charge in [-0.25, -0.2) is 0 Å². The molecule has 5 nitrogen and oxygen atoms in total. The monoisotopic (exact) mass is 382 g/mol. The molecule has 0 aliphatic rings. The highest BCUT2D eigenvalue weighted by Gasteiger charge is 2.16. The number of aliphatic imine (C=N–C) groups is 1. The first-order chi connectivity index (χ1) is 14.0. The summed E-state index contributed by atoms with van der Waals surface area (Å²) < 4.78 is 1.97. The Hall–Kier alpha value is -3.86. The molecule has 0 aliphatic heterocycles. The lowest BCUT2D eigenvalue weighted by atomic mass is 10.0. The van der Waals surface area contributed by atoms with Gasteiger partial charge in [-0.2, -0.15) is 4.99 Å². The third-order valence-electron chi connectivity index (χ3n) is 4.94. The topological polar surface area (TPSA) is 86.4 Å². The van der Waals surface area contributed by atoms with Gasteiger partial charge in [-0.1, -0.05) is 72.3 Å². The van der Waals surface area contributed by atoms with Crippen LogP contribution in [0, 0.1) is 6.92 Å². The maximum absolute atomic E-state index is 12.4. The van der Waals surface area contributed by atoms with Crippen molar-refractivity contribution in [1.82, 2.24) is 4.57 Å². The molecule has 0 unspecified atom stereocenters. The molecule has 0 aliphatic carbocycles. The summed E-state index contributed by atoms with van der Waals surface area (Å²) in [4.78, 5) is 16.1. The van der Waals surface area contributed by atoms with Crippen molar-refractivity contribution in [2.24, 2.45) is 16.5 Å². The minimum Gasteiger partial charge on any atom is -0.370 e. The van der Waals surface area contributed by atoms with Crippen molar-refractivity contribution in [3.05, 3.63) is 84.4 Å². The predicted octanol–water partition coefficient (Wildman–Crippen LogP) is 4.08. The summed E-state index contributed by atoms with van der Waals surface area (Å²) in [5.41, 5.74) is 16.0. The Morgan fingerprint density at radius 1 is 0.862 bits per heavy atom. The molecule has 1 heterocycles. The number of fused-ring (bicyclic) bond motifs is 1. The van der Waals surface area contributed by atoms with Gasteiger partial charge in [0.2, 0.25) is 0 Å². The Bertz CT molecular complexity index is 1210. The maximum Gasteiger partial charge on any atom is 0.268 e. The molecular weight excluding hydrogens is 360 g/mol. The lowest BCUT2D eigenvalue weighted by molar-refractivity contribution is -0.118. The zero-order valence-electron chi connectivity index (χ0n) is 16.2. The molecule has 4 rings (SSSR count). The molecular formula is C24H22N4O. The van der Waals surface area contributed by atoms with Crippen LogP contribution in [0.4, 0.5) is 0 Å². The zero-order valence-corrected chi connectivity index (χ0v) is 16.2. The van der Waals surface area contributed by atoms with Crippen molar-refractivity contribution in [1.29, 1.82) is 0 Å². The number of nitrogens with zero attached hydrogens (tertiary/aromatic N) is 2. The third-order valence-corrected chi connectivity index (χ3v) is 4.94. The van der Waals surface area contributed by atoms with Gasteiger partial charge >= 0.3 is 0 Å². The van der Waals surface area contributed by atoms with E-state index in [1.807, 2.05) is 41.8 Å². The second-order valence-electron chi connectivity index (χ2n) is 7.01. The molecule has 0 spiro atoms. The van der Waals surface area contributed by atoms with Crippen molar-refractivity contribution in [2.45, 2.75) is 13.5 Å². The third kappa shape index (κ3) is 3.75. The number of hydrogen-bond donors (Lipinski definition) is 2. The molecule has 0 bridgehead atoms. The van der Waals surface area contributed by atoms with Crippen LogP contribution >= 0.6 is 0 Å². The molecule has 0 radical (unpaired) electrons. The van der Waals surface area contributed by atoms with Crippen LogP contribution in [0.5, 0.6) is 0 Å². The standard InChI is InChI=1S/C24H22N4O/c1-16-9-11-18(12-10-16)21-13-14-22(28(21)15-23(29)27-24(25)26)20-8-4-6-17-5-2-3-7-19(17)20/h2-14H,15H2,1H3,(H4,25,26,27,29). The first-order valence-corrected chi connectivity index (χ1v) is 9.40. The number of guanidine groups is 1. The van der Waals surface area contributed by atoms with Gasteiger partial charge in [0.1, 0.15) is 6.54 Å². The van der Waals surface area contributed by atoms with Crippen LogP contribution in [0.2, 0.25) is 0 Å². The fourth-order valence-corrected chi connectivity index (χ4v) is 3.61. The average molecular weight is 382 g/mol. The highest BCUT2D eigenvalue weighted by atomic mass is 16.1. The minimum absolute atomic E-state index is 0.0483. The predicted molar refractivity (Wildman–Crippen MR) is 118 cm³/mol. The van der Waals surface area contributed by atoms with Crippen molar-refractivity contribution in [3.8, 4) is 22.5 Å². The largest absolute Gasteiger partial charge is 0.370 e. The van der Waals surface area contributed by atoms with Gasteiger partial charge < -0.3 is 16.0 Å². The molecule has 1 aromatic heterocycles. The van der Waals surface area contributed by atoms with Gasteiger partial charge in [-0.05, 0) is 35.4 Å². The van der Waals surface area contributed by atoms with E-state index in [1.165, 1.54) is 5.56 Å². The number of nitrogens with two attached hydrogens (primary N) is 2. The number of rotatable bonds is 4. The Morgan fingerprint density at radius 3 is 2.31 bits per heavy atom. The van der Waals surface area contributed by atoms with E-state index in [4.69, 9.17) is 11.5 Å². The van der Waals surface area contributed by atoms with Crippen molar-refractivity contribution >= 4 is 22.6 Å². The lowest BCUT2D eigenvalue weighted by Gasteiger charge is -2.14. The van der Waals surface area contributed by atoms with Gasteiger partial charge in [0, 0.05) is 17.0 Å². The Labute approximate surface area is 169 Å². The summed E-state index contributed by atoms with van der Waals surface area (Å²) >= 11 is 0. The van der Waals surface area contributed by atoms with E-state index in [0.29, 0.717) is 0 Å². The second kappa shape index (κ2) is 7.64. The van der Waals surface area contributed by atoms with E-state index in [1.54, 1.807) is 0 Å². The quantitative estimate of drug-likeness (QED) is 0.412. The van der Waals surface area contributed by atoms with Crippen LogP contribution in [0.15, 0.2) is 83.9 Å². The Balaban J connectivity index is 1.91. The molecule has 3 aromatic carbocycles. The Morgan fingerprint density at radius 2 is 1.55 bits per heavy atom. The smallest absolute Gasteiger partial charge is 0.268 e. The van der Waals surface area contributed by atoms with Gasteiger partial charge in [-0.3, -0.25) is 4.79 Å². The summed E-state index contributed by atoms with van der Waals surface area (Å²) in [7, 11) is 0. The van der Waals surface area contributed by atoms with Crippen LogP contribution in [0.25, 0.3) is 33.3 Å². The number of benzene rings is 3. The van der Waals surface area contributed by atoms with E-state index < -0.39 is 5.91 Å². The number of aryl methyl sites for hydroxylation is 1. The number of amides is 1. The first-order valence-electron chi connectivity index (χ1n) is 9.40. The number of hydrogen-bond acceptors (Lipinski definition) is 1. The SMILES string of the molecule is Cc1ccc(-c2ccc(-c3cccc4ccccc34)n2CC(=O)N=C(N)N)cc1. The molecule has 4 N–H and O–H groups in total. The molecule has 0 atom stereocenters. The van der Waals surface area contributed by atoms with Gasteiger partial charge in [-0.15, -0.1) is 0 Å². The average Bonchev–Trinajstić information content (AvgIpc) is 3.10. The molecule has 4 aromatic rings. The number of carbonyl (C=O) groups excluding carboxylic acids is 1. The molecule has 0 saturated heterocycles. The van der Waals surface area contributed by atoms with E-state index in [2.05, 4.69) is 53.5 Å². The number of carbonyl (C=O) groups is 1. The van der Waals surface area contributed by atoms with Crippen molar-refractivity contribution in [3.63, 3.8) is 0 Å². The van der Waals surface area contributed by atoms with Crippen LogP contribution in [0.3, 0.4) is 0 Å². The zero-order chi connectivity index (χ0) is 20.4. The highest BCUT2D eigenvalue weighted by molar-refractivity contribution is 5.97. The summed E-state index contributed by atoms with van der Waals surface area (Å²) in [5.74, 6) is -0.623. The van der Waals surface area contributed by atoms with Crippen LogP contribution in [0.1, 0.15) is 5.56 Å². The van der Waals surface area contributed by atoms with Gasteiger partial charge in [0.15, 0.2) is 5.96 Å². The minimum atomic E-state index is -0.393. The van der Waals surface area contributed by atoms with E-state index in [9.17, 15) is 4.79 Å². The van der Waals surface area contributed by atoms with E-state index in [-0.39, 0.29) is 12.5 Å². The fourth-order valence-electron chi connectivity index (χ4n) is 3.61. The normalized spacial score (nSPS) is 10.8. The van der Waals surface area contributed by atoms with Crippen molar-refractivity contribution in [2.75, 3.05) is 0 Å². The molecule has 0 saturated carbocycles. The van der Waals surface area contributed by atoms with Crippen LogP contribution in [-0.2, 0) is 11.3 Å². The summed E-state index contributed by atoms with van der Waals surface area (Å²) in [6.07, 6.45) is 0. The number of aromatic nitrogens is 1. The van der Waals surface area contributed by atoms with Gasteiger partial charge in [0.25, 0.3) is 5.91 Å². The lowest BCUT2D eigenvalue weighted by Crippen LogP contribution is -2.25. The first kappa shape index (κ1) is 18.5. The summed E-state index contributed by atoms with van der Waals surface area (Å²) in [6, 6.07) is 26.7. The van der Waals surface area contributed by atoms with Crippen molar-refractivity contribution < 1.29 is 4.79 Å². The van der Waals surface area contributed by atoms with Crippen LogP contribution < -0.4 is 11.5 Å². The highest BCUT2D eigenvalue weighted by Crippen LogP contribution is 2.33. The molecule has 0 fully saturated rings.